The maximum atomic E-state index is 5.44. The topological polar surface area (TPSA) is 50.4 Å². The molecule has 0 aliphatic rings. The molecule has 2 aromatic carbocycles. The van der Waals surface area contributed by atoms with E-state index in [9.17, 15) is 0 Å². The van der Waals surface area contributed by atoms with Crippen molar-refractivity contribution in [1.29, 1.82) is 0 Å². The zero-order chi connectivity index (χ0) is 14.2. The van der Waals surface area contributed by atoms with Crippen molar-refractivity contribution < 1.29 is 0 Å². The molecule has 0 amide bonds. The van der Waals surface area contributed by atoms with Crippen LogP contribution in [0.25, 0.3) is 0 Å². The van der Waals surface area contributed by atoms with E-state index < -0.39 is 0 Å². The highest BCUT2D eigenvalue weighted by atomic mass is 32.1. The van der Waals surface area contributed by atoms with Gasteiger partial charge in [-0.05, 0) is 36.2 Å². The molecule has 2 rings (SSSR count). The fourth-order valence-corrected chi connectivity index (χ4v) is 1.97. The fraction of sp³-hybridized carbons (Fsp3) is 0.125. The maximum absolute atomic E-state index is 5.44. The number of nitrogens with two attached hydrogens (primary N) is 1. The van der Waals surface area contributed by atoms with E-state index in [2.05, 4.69) is 22.7 Å². The van der Waals surface area contributed by atoms with E-state index >= 15 is 0 Å². The Morgan fingerprint density at radius 2 is 1.60 bits per heavy atom. The molecule has 0 fully saturated rings. The molecule has 0 aliphatic carbocycles. The fourth-order valence-electron chi connectivity index (χ4n) is 1.93. The molecule has 0 unspecified atom stereocenters. The Hall–Kier alpha value is -2.20. The van der Waals surface area contributed by atoms with Gasteiger partial charge in [-0.1, -0.05) is 60.7 Å². The number of hydrogen-bond acceptors (Lipinski definition) is 2. The average Bonchev–Trinajstić information content (AvgIpc) is 2.49. The third-order valence-electron chi connectivity index (χ3n) is 2.90. The van der Waals surface area contributed by atoms with Gasteiger partial charge in [-0.2, -0.15) is 5.10 Å². The molecular formula is C16H17N3S. The summed E-state index contributed by atoms with van der Waals surface area (Å²) < 4.78 is 0. The van der Waals surface area contributed by atoms with Crippen LogP contribution in [0.5, 0.6) is 0 Å². The Morgan fingerprint density at radius 1 is 1.00 bits per heavy atom. The van der Waals surface area contributed by atoms with Crippen LogP contribution in [-0.2, 0) is 6.42 Å². The van der Waals surface area contributed by atoms with Crippen molar-refractivity contribution in [3.63, 3.8) is 0 Å². The number of thiocarbonyl (C=S) groups is 1. The molecule has 0 aromatic heterocycles. The molecule has 3 nitrogen and oxygen atoms in total. The molecule has 0 aliphatic heterocycles. The van der Waals surface area contributed by atoms with Gasteiger partial charge in [-0.25, -0.2) is 0 Å². The SMILES string of the molecule is NC(=S)N/N=C(/CCc1ccccc1)c1ccccc1. The van der Waals surface area contributed by atoms with E-state index in [1.54, 1.807) is 0 Å². The number of hydrazone groups is 1. The minimum Gasteiger partial charge on any atom is -0.375 e. The van der Waals surface area contributed by atoms with Crippen LogP contribution in [0.4, 0.5) is 0 Å². The molecule has 0 radical (unpaired) electrons. The summed E-state index contributed by atoms with van der Waals surface area (Å²) >= 11 is 4.80. The van der Waals surface area contributed by atoms with Crippen molar-refractivity contribution in [2.45, 2.75) is 12.8 Å². The van der Waals surface area contributed by atoms with Crippen molar-refractivity contribution in [3.8, 4) is 0 Å². The van der Waals surface area contributed by atoms with Gasteiger partial charge in [0, 0.05) is 0 Å². The number of nitrogens with one attached hydrogen (secondary N) is 1. The van der Waals surface area contributed by atoms with Gasteiger partial charge in [0.25, 0.3) is 0 Å². The summed E-state index contributed by atoms with van der Waals surface area (Å²) in [6, 6.07) is 20.4. The lowest BCUT2D eigenvalue weighted by Gasteiger charge is -2.07. The zero-order valence-electron chi connectivity index (χ0n) is 11.1. The van der Waals surface area contributed by atoms with Crippen LogP contribution < -0.4 is 11.2 Å². The van der Waals surface area contributed by atoms with Gasteiger partial charge >= 0.3 is 0 Å². The highest BCUT2D eigenvalue weighted by Crippen LogP contribution is 2.09. The third-order valence-corrected chi connectivity index (χ3v) is 2.99. The molecule has 102 valence electrons. The number of hydrogen-bond donors (Lipinski definition) is 2. The summed E-state index contributed by atoms with van der Waals surface area (Å²) in [6.45, 7) is 0. The van der Waals surface area contributed by atoms with Crippen LogP contribution in [-0.4, -0.2) is 10.8 Å². The monoisotopic (exact) mass is 283 g/mol. The molecule has 2 aromatic rings. The summed E-state index contributed by atoms with van der Waals surface area (Å²) in [5, 5.41) is 4.49. The zero-order valence-corrected chi connectivity index (χ0v) is 11.9. The molecule has 0 atom stereocenters. The van der Waals surface area contributed by atoms with Gasteiger partial charge in [0.05, 0.1) is 5.71 Å². The Kier molecular flexibility index (Phi) is 5.26. The van der Waals surface area contributed by atoms with Crippen molar-refractivity contribution >= 4 is 23.0 Å². The number of benzene rings is 2. The van der Waals surface area contributed by atoms with E-state index in [0.717, 1.165) is 24.1 Å². The second-order valence-corrected chi connectivity index (χ2v) is 4.83. The lowest BCUT2D eigenvalue weighted by molar-refractivity contribution is 0.974. The smallest absolute Gasteiger partial charge is 0.184 e. The van der Waals surface area contributed by atoms with Crippen LogP contribution in [0.2, 0.25) is 0 Å². The summed E-state index contributed by atoms with van der Waals surface area (Å²) in [4.78, 5) is 0. The van der Waals surface area contributed by atoms with Crippen LogP contribution in [0, 0.1) is 0 Å². The number of nitrogens with zero attached hydrogens (tertiary/aromatic N) is 1. The summed E-state index contributed by atoms with van der Waals surface area (Å²) in [5.41, 5.74) is 11.4. The highest BCUT2D eigenvalue weighted by Gasteiger charge is 2.04. The molecule has 0 spiro atoms. The third kappa shape index (κ3) is 4.48. The van der Waals surface area contributed by atoms with Crippen LogP contribution in [0.15, 0.2) is 65.8 Å². The average molecular weight is 283 g/mol. The molecule has 4 heteroatoms. The summed E-state index contributed by atoms with van der Waals surface area (Å²) in [7, 11) is 0. The molecule has 0 bridgehead atoms. The molecule has 0 heterocycles. The molecule has 3 N–H and O–H groups in total. The predicted octanol–water partition coefficient (Wildman–Crippen LogP) is 2.86. The van der Waals surface area contributed by atoms with Crippen LogP contribution in [0.1, 0.15) is 17.5 Å². The van der Waals surface area contributed by atoms with Crippen molar-refractivity contribution in [2.75, 3.05) is 0 Å². The van der Waals surface area contributed by atoms with Gasteiger partial charge in [0.1, 0.15) is 0 Å². The number of aryl methyl sites for hydroxylation is 1. The predicted molar refractivity (Wildman–Crippen MR) is 87.7 cm³/mol. The summed E-state index contributed by atoms with van der Waals surface area (Å²) in [5.74, 6) is 0. The van der Waals surface area contributed by atoms with Gasteiger partial charge < -0.3 is 5.73 Å². The van der Waals surface area contributed by atoms with E-state index in [1.807, 2.05) is 48.5 Å². The highest BCUT2D eigenvalue weighted by molar-refractivity contribution is 7.80. The summed E-state index contributed by atoms with van der Waals surface area (Å²) in [6.07, 6.45) is 1.75. The lowest BCUT2D eigenvalue weighted by atomic mass is 10.0. The van der Waals surface area contributed by atoms with E-state index in [4.69, 9.17) is 18.0 Å². The Bertz CT molecular complexity index is 579. The first-order valence-corrected chi connectivity index (χ1v) is 6.88. The molecule has 0 saturated carbocycles. The second-order valence-electron chi connectivity index (χ2n) is 4.39. The first kappa shape index (κ1) is 14.2. The van der Waals surface area contributed by atoms with Gasteiger partial charge in [0.15, 0.2) is 5.11 Å². The standard InChI is InChI=1S/C16H17N3S/c17-16(20)19-18-15(14-9-5-2-6-10-14)12-11-13-7-3-1-4-8-13/h1-10H,11-12H2,(H3,17,19,20)/b18-15-. The molecule has 0 saturated heterocycles. The van der Waals surface area contributed by atoms with Crippen LogP contribution in [0.3, 0.4) is 0 Å². The van der Waals surface area contributed by atoms with E-state index in [0.29, 0.717) is 0 Å². The van der Waals surface area contributed by atoms with Crippen molar-refractivity contribution in [2.24, 2.45) is 10.8 Å². The molecular weight excluding hydrogens is 266 g/mol. The lowest BCUT2D eigenvalue weighted by Crippen LogP contribution is -2.25. The van der Waals surface area contributed by atoms with Gasteiger partial charge in [0.2, 0.25) is 0 Å². The minimum absolute atomic E-state index is 0.179. The van der Waals surface area contributed by atoms with Gasteiger partial charge in [-0.15, -0.1) is 0 Å². The Balaban J connectivity index is 2.11. The van der Waals surface area contributed by atoms with E-state index in [1.165, 1.54) is 5.56 Å². The normalized spacial score (nSPS) is 11.1. The second kappa shape index (κ2) is 7.40. The van der Waals surface area contributed by atoms with Crippen molar-refractivity contribution in [3.05, 3.63) is 71.8 Å². The Labute approximate surface area is 124 Å². The quantitative estimate of drug-likeness (QED) is 0.504. The van der Waals surface area contributed by atoms with E-state index in [-0.39, 0.29) is 5.11 Å². The first-order chi connectivity index (χ1) is 9.75. The van der Waals surface area contributed by atoms with Crippen molar-refractivity contribution in [1.82, 2.24) is 5.43 Å². The first-order valence-electron chi connectivity index (χ1n) is 6.47. The Morgan fingerprint density at radius 3 is 2.20 bits per heavy atom. The van der Waals surface area contributed by atoms with Gasteiger partial charge in [-0.3, -0.25) is 5.43 Å². The minimum atomic E-state index is 0.179. The molecule has 20 heavy (non-hydrogen) atoms. The maximum Gasteiger partial charge on any atom is 0.184 e. The largest absolute Gasteiger partial charge is 0.375 e. The van der Waals surface area contributed by atoms with Crippen LogP contribution >= 0.6 is 12.2 Å². The number of rotatable bonds is 5.